The molecule has 0 aliphatic carbocycles. The van der Waals surface area contributed by atoms with Crippen LogP contribution in [-0.2, 0) is 0 Å². The third-order valence-corrected chi connectivity index (χ3v) is 4.11. The number of rotatable bonds is 3. The van der Waals surface area contributed by atoms with Gasteiger partial charge in [0.2, 0.25) is 0 Å². The minimum atomic E-state index is -0.169. The molecule has 118 valence electrons. The van der Waals surface area contributed by atoms with Gasteiger partial charge in [0.15, 0.2) is 5.69 Å². The fourth-order valence-electron chi connectivity index (χ4n) is 2.87. The molecule has 3 aromatic rings. The van der Waals surface area contributed by atoms with E-state index in [4.69, 9.17) is 0 Å². The van der Waals surface area contributed by atoms with E-state index in [1.807, 2.05) is 54.8 Å². The molecular weight excluding hydrogens is 286 g/mol. The van der Waals surface area contributed by atoms with Crippen molar-refractivity contribution in [1.29, 1.82) is 0 Å². The Hall–Kier alpha value is -2.62. The highest BCUT2D eigenvalue weighted by atomic mass is 16.1. The number of nitrogens with zero attached hydrogens (tertiary/aromatic N) is 2. The molecule has 1 aromatic carbocycles. The standard InChI is InChI=1S/C19H21N3O/c1-12(2)15-9-7-8-13(3)17(15)21-19(23)18-16-10-5-6-11-22(16)14(4)20-18/h5-12H,1-4H3,(H,21,23). The van der Waals surface area contributed by atoms with Gasteiger partial charge >= 0.3 is 0 Å². The van der Waals surface area contributed by atoms with Crippen LogP contribution in [0.2, 0.25) is 0 Å². The molecule has 0 radical (unpaired) electrons. The van der Waals surface area contributed by atoms with Crippen molar-refractivity contribution in [3.63, 3.8) is 0 Å². The van der Waals surface area contributed by atoms with E-state index in [9.17, 15) is 4.79 Å². The van der Waals surface area contributed by atoms with E-state index >= 15 is 0 Å². The molecule has 23 heavy (non-hydrogen) atoms. The van der Waals surface area contributed by atoms with Crippen LogP contribution in [0.25, 0.3) is 5.52 Å². The summed E-state index contributed by atoms with van der Waals surface area (Å²) in [5, 5.41) is 3.07. The van der Waals surface area contributed by atoms with Crippen molar-refractivity contribution in [2.75, 3.05) is 5.32 Å². The molecular formula is C19H21N3O. The molecule has 0 aliphatic rings. The van der Waals surface area contributed by atoms with Crippen LogP contribution in [0.15, 0.2) is 42.6 Å². The highest BCUT2D eigenvalue weighted by Crippen LogP contribution is 2.28. The number of nitrogens with one attached hydrogen (secondary N) is 1. The van der Waals surface area contributed by atoms with Crippen LogP contribution in [0.4, 0.5) is 5.69 Å². The zero-order chi connectivity index (χ0) is 16.6. The molecule has 0 aliphatic heterocycles. The van der Waals surface area contributed by atoms with Crippen molar-refractivity contribution < 1.29 is 4.79 Å². The first-order valence-corrected chi connectivity index (χ1v) is 7.83. The number of aromatic nitrogens is 2. The Labute approximate surface area is 136 Å². The highest BCUT2D eigenvalue weighted by molar-refractivity contribution is 6.08. The van der Waals surface area contributed by atoms with Gasteiger partial charge in [0, 0.05) is 11.9 Å². The lowest BCUT2D eigenvalue weighted by atomic mass is 9.98. The Morgan fingerprint density at radius 2 is 1.91 bits per heavy atom. The van der Waals surface area contributed by atoms with Crippen LogP contribution >= 0.6 is 0 Å². The van der Waals surface area contributed by atoms with Crippen LogP contribution in [-0.4, -0.2) is 15.3 Å². The van der Waals surface area contributed by atoms with Crippen molar-refractivity contribution in [2.24, 2.45) is 0 Å². The maximum Gasteiger partial charge on any atom is 0.276 e. The van der Waals surface area contributed by atoms with E-state index in [1.54, 1.807) is 0 Å². The van der Waals surface area contributed by atoms with Crippen molar-refractivity contribution in [2.45, 2.75) is 33.6 Å². The number of para-hydroxylation sites is 1. The predicted molar refractivity (Wildman–Crippen MR) is 93.2 cm³/mol. The first-order valence-electron chi connectivity index (χ1n) is 7.83. The van der Waals surface area contributed by atoms with E-state index in [1.165, 1.54) is 0 Å². The number of hydrogen-bond donors (Lipinski definition) is 1. The van der Waals surface area contributed by atoms with E-state index < -0.39 is 0 Å². The molecule has 0 atom stereocenters. The van der Waals surface area contributed by atoms with Crippen LogP contribution in [0.3, 0.4) is 0 Å². The van der Waals surface area contributed by atoms with Gasteiger partial charge in [-0.05, 0) is 43.0 Å². The van der Waals surface area contributed by atoms with Crippen molar-refractivity contribution in [3.8, 4) is 0 Å². The minimum absolute atomic E-state index is 0.169. The molecule has 0 bridgehead atoms. The summed E-state index contributed by atoms with van der Waals surface area (Å²) < 4.78 is 1.93. The number of carbonyl (C=O) groups is 1. The van der Waals surface area contributed by atoms with E-state index in [-0.39, 0.29) is 5.91 Å². The van der Waals surface area contributed by atoms with Crippen molar-refractivity contribution in [3.05, 3.63) is 65.2 Å². The number of carbonyl (C=O) groups excluding carboxylic acids is 1. The summed E-state index contributed by atoms with van der Waals surface area (Å²) in [5.74, 6) is 0.975. The van der Waals surface area contributed by atoms with Crippen LogP contribution < -0.4 is 5.32 Å². The van der Waals surface area contributed by atoms with Gasteiger partial charge in [0.05, 0.1) is 5.52 Å². The maximum absolute atomic E-state index is 12.8. The molecule has 0 unspecified atom stereocenters. The molecule has 1 amide bonds. The third-order valence-electron chi connectivity index (χ3n) is 4.11. The van der Waals surface area contributed by atoms with Gasteiger partial charge in [0.25, 0.3) is 5.91 Å². The van der Waals surface area contributed by atoms with Crippen molar-refractivity contribution in [1.82, 2.24) is 9.38 Å². The number of amides is 1. The van der Waals surface area contributed by atoms with Gasteiger partial charge in [-0.1, -0.05) is 38.1 Å². The summed E-state index contributed by atoms with van der Waals surface area (Å²) in [6, 6.07) is 11.9. The predicted octanol–water partition coefficient (Wildman–Crippen LogP) is 4.33. The minimum Gasteiger partial charge on any atom is -0.320 e. The number of hydrogen-bond acceptors (Lipinski definition) is 2. The van der Waals surface area contributed by atoms with E-state index in [0.29, 0.717) is 11.6 Å². The summed E-state index contributed by atoms with van der Waals surface area (Å²) in [7, 11) is 0. The lowest BCUT2D eigenvalue weighted by Gasteiger charge is -2.16. The van der Waals surface area contributed by atoms with Gasteiger partial charge < -0.3 is 9.72 Å². The Morgan fingerprint density at radius 3 is 2.65 bits per heavy atom. The summed E-state index contributed by atoms with van der Waals surface area (Å²) in [6.45, 7) is 8.16. The summed E-state index contributed by atoms with van der Waals surface area (Å²) in [4.78, 5) is 17.2. The van der Waals surface area contributed by atoms with E-state index in [0.717, 1.165) is 28.2 Å². The number of benzene rings is 1. The quantitative estimate of drug-likeness (QED) is 0.783. The Kier molecular flexibility index (Phi) is 3.90. The molecule has 4 heteroatoms. The van der Waals surface area contributed by atoms with E-state index in [2.05, 4.69) is 30.2 Å². The monoisotopic (exact) mass is 307 g/mol. The molecule has 3 rings (SSSR count). The van der Waals surface area contributed by atoms with Gasteiger partial charge in [-0.2, -0.15) is 0 Å². The Morgan fingerprint density at radius 1 is 1.13 bits per heavy atom. The Bertz CT molecular complexity index is 877. The fourth-order valence-corrected chi connectivity index (χ4v) is 2.87. The normalized spacial score (nSPS) is 11.2. The smallest absolute Gasteiger partial charge is 0.276 e. The number of pyridine rings is 1. The number of anilines is 1. The molecule has 2 aromatic heterocycles. The van der Waals surface area contributed by atoms with Gasteiger partial charge in [-0.25, -0.2) is 4.98 Å². The Balaban J connectivity index is 2.02. The lowest BCUT2D eigenvalue weighted by molar-refractivity contribution is 0.102. The largest absolute Gasteiger partial charge is 0.320 e. The van der Waals surface area contributed by atoms with Gasteiger partial charge in [0.1, 0.15) is 5.82 Å². The third kappa shape index (κ3) is 2.72. The molecule has 2 heterocycles. The second kappa shape index (κ2) is 5.88. The molecule has 0 saturated heterocycles. The molecule has 0 saturated carbocycles. The average Bonchev–Trinajstić information content (AvgIpc) is 2.87. The first kappa shape index (κ1) is 15.3. The fraction of sp³-hybridized carbons (Fsp3) is 0.263. The average molecular weight is 307 g/mol. The zero-order valence-electron chi connectivity index (χ0n) is 13.9. The highest BCUT2D eigenvalue weighted by Gasteiger charge is 2.18. The molecule has 4 nitrogen and oxygen atoms in total. The summed E-state index contributed by atoms with van der Waals surface area (Å²) in [6.07, 6.45) is 1.92. The first-order chi connectivity index (χ1) is 11.0. The van der Waals surface area contributed by atoms with Crippen LogP contribution in [0.1, 0.15) is 47.2 Å². The van der Waals surface area contributed by atoms with Crippen LogP contribution in [0, 0.1) is 13.8 Å². The second-order valence-corrected chi connectivity index (χ2v) is 6.11. The molecule has 0 spiro atoms. The maximum atomic E-state index is 12.8. The second-order valence-electron chi connectivity index (χ2n) is 6.11. The van der Waals surface area contributed by atoms with Gasteiger partial charge in [-0.3, -0.25) is 4.79 Å². The topological polar surface area (TPSA) is 46.4 Å². The molecule has 0 fully saturated rings. The summed E-state index contributed by atoms with van der Waals surface area (Å²) >= 11 is 0. The zero-order valence-corrected chi connectivity index (χ0v) is 13.9. The van der Waals surface area contributed by atoms with Crippen molar-refractivity contribution >= 4 is 17.1 Å². The summed E-state index contributed by atoms with van der Waals surface area (Å²) in [5.41, 5.74) is 4.37. The number of fused-ring (bicyclic) bond motifs is 1. The SMILES string of the molecule is Cc1cccc(C(C)C)c1NC(=O)c1nc(C)n2ccccc12. The van der Waals surface area contributed by atoms with Gasteiger partial charge in [-0.15, -0.1) is 0 Å². The number of imidazole rings is 1. The van der Waals surface area contributed by atoms with Crippen LogP contribution in [0.5, 0.6) is 0 Å². The number of aryl methyl sites for hydroxylation is 2. The lowest BCUT2D eigenvalue weighted by Crippen LogP contribution is -2.15. The molecule has 1 N–H and O–H groups in total.